The van der Waals surface area contributed by atoms with Gasteiger partial charge in [-0.05, 0) is 63.6 Å². The van der Waals surface area contributed by atoms with E-state index in [-0.39, 0.29) is 12.0 Å². The Labute approximate surface area is 229 Å². The molecule has 0 bridgehead atoms. The van der Waals surface area contributed by atoms with Crippen molar-refractivity contribution in [3.8, 4) is 17.3 Å². The summed E-state index contributed by atoms with van der Waals surface area (Å²) >= 11 is 6.55. The second-order valence-corrected chi connectivity index (χ2v) is 11.0. The standard InChI is InChI=1S/C28H37ClN6O3/c1-28(37-11-12-38-28)18-33-20-5-7-21(8-6-20)34-27-14-23(24(29)17-32-27)25-3-2-4-26(35-25)31-16-22-13-19(15-30)9-10-36-22/h2-4,14,17,19-22,33H,5-13,16,18H2,1H3,(H,31,35)(H,32,34). The quantitative estimate of drug-likeness (QED) is 0.419. The molecule has 1 aliphatic carbocycles. The predicted octanol–water partition coefficient (Wildman–Crippen LogP) is 4.60. The van der Waals surface area contributed by atoms with Gasteiger partial charge >= 0.3 is 0 Å². The molecule has 204 valence electrons. The number of nitrogens with one attached hydrogen (secondary N) is 3. The normalized spacial score (nSPS) is 27.0. The highest BCUT2D eigenvalue weighted by Crippen LogP contribution is 2.30. The SMILES string of the molecule is CC1(CNC2CCC(Nc3cc(-c4cccc(NCC5CC(C#N)CCO5)n4)c(Cl)cn3)CC2)OCCO1. The lowest BCUT2D eigenvalue weighted by atomic mass is 9.91. The molecule has 5 rings (SSSR count). The van der Waals surface area contributed by atoms with Gasteiger partial charge in [-0.2, -0.15) is 5.26 Å². The molecule has 38 heavy (non-hydrogen) atoms. The highest BCUT2D eigenvalue weighted by molar-refractivity contribution is 6.33. The van der Waals surface area contributed by atoms with E-state index < -0.39 is 5.79 Å². The molecule has 9 nitrogen and oxygen atoms in total. The third-order valence-electron chi connectivity index (χ3n) is 7.63. The van der Waals surface area contributed by atoms with E-state index in [0.29, 0.717) is 50.0 Å². The number of hydrogen-bond acceptors (Lipinski definition) is 9. The van der Waals surface area contributed by atoms with Gasteiger partial charge in [0.25, 0.3) is 0 Å². The first kappa shape index (κ1) is 27.1. The van der Waals surface area contributed by atoms with E-state index in [1.165, 1.54) is 0 Å². The number of hydrogen-bond donors (Lipinski definition) is 3. The number of ether oxygens (including phenoxy) is 3. The molecule has 3 N–H and O–H groups in total. The number of nitrogens with zero attached hydrogens (tertiary/aromatic N) is 3. The van der Waals surface area contributed by atoms with Crippen LogP contribution in [0.3, 0.4) is 0 Å². The zero-order valence-corrected chi connectivity index (χ0v) is 22.7. The first-order chi connectivity index (χ1) is 18.5. The zero-order valence-electron chi connectivity index (χ0n) is 21.9. The second kappa shape index (κ2) is 12.6. The van der Waals surface area contributed by atoms with Gasteiger partial charge in [-0.1, -0.05) is 17.7 Å². The first-order valence-electron chi connectivity index (χ1n) is 13.7. The van der Waals surface area contributed by atoms with E-state index in [1.807, 2.05) is 31.2 Å². The molecule has 2 aromatic heterocycles. The Balaban J connectivity index is 1.14. The van der Waals surface area contributed by atoms with Crippen molar-refractivity contribution in [1.82, 2.24) is 15.3 Å². The Morgan fingerprint density at radius 1 is 1.08 bits per heavy atom. The maximum atomic E-state index is 9.22. The minimum atomic E-state index is -0.496. The number of aromatic nitrogens is 2. The molecule has 2 saturated heterocycles. The molecule has 2 atom stereocenters. The summed E-state index contributed by atoms with van der Waals surface area (Å²) in [5.74, 6) is 1.12. The molecule has 0 amide bonds. The summed E-state index contributed by atoms with van der Waals surface area (Å²) in [6.45, 7) is 5.29. The van der Waals surface area contributed by atoms with Crippen LogP contribution in [-0.2, 0) is 14.2 Å². The minimum Gasteiger partial charge on any atom is -0.376 e. The molecule has 1 saturated carbocycles. The van der Waals surface area contributed by atoms with Gasteiger partial charge in [0, 0.05) is 43.5 Å². The van der Waals surface area contributed by atoms with Gasteiger partial charge in [0.1, 0.15) is 11.6 Å². The molecule has 2 unspecified atom stereocenters. The molecule has 2 aromatic rings. The van der Waals surface area contributed by atoms with Gasteiger partial charge in [0.15, 0.2) is 5.79 Å². The first-order valence-corrected chi connectivity index (χ1v) is 14.0. The van der Waals surface area contributed by atoms with E-state index in [4.69, 9.17) is 30.8 Å². The lowest BCUT2D eigenvalue weighted by Gasteiger charge is -2.32. The molecule has 4 heterocycles. The summed E-state index contributed by atoms with van der Waals surface area (Å²) in [6, 6.07) is 11.0. The fourth-order valence-electron chi connectivity index (χ4n) is 5.39. The fraction of sp³-hybridized carbons (Fsp3) is 0.607. The number of nitriles is 1. The van der Waals surface area contributed by atoms with Crippen LogP contribution < -0.4 is 16.0 Å². The van der Waals surface area contributed by atoms with E-state index in [2.05, 4.69) is 27.0 Å². The van der Waals surface area contributed by atoms with Crippen molar-refractivity contribution in [2.75, 3.05) is 43.5 Å². The fourth-order valence-corrected chi connectivity index (χ4v) is 5.59. The van der Waals surface area contributed by atoms with Crippen molar-refractivity contribution in [2.24, 2.45) is 5.92 Å². The molecule has 0 radical (unpaired) electrons. The monoisotopic (exact) mass is 540 g/mol. The molecule has 0 spiro atoms. The third kappa shape index (κ3) is 7.13. The Bertz CT molecular complexity index is 1110. The van der Waals surface area contributed by atoms with Crippen LogP contribution in [0, 0.1) is 17.2 Å². The Kier molecular flexibility index (Phi) is 8.97. The van der Waals surface area contributed by atoms with Crippen LogP contribution in [0.1, 0.15) is 45.4 Å². The maximum absolute atomic E-state index is 9.22. The third-order valence-corrected chi connectivity index (χ3v) is 7.93. The lowest BCUT2D eigenvalue weighted by molar-refractivity contribution is -0.139. The van der Waals surface area contributed by atoms with Gasteiger partial charge in [0.05, 0.1) is 42.0 Å². The van der Waals surface area contributed by atoms with Crippen molar-refractivity contribution >= 4 is 23.2 Å². The Morgan fingerprint density at radius 3 is 2.66 bits per heavy atom. The summed E-state index contributed by atoms with van der Waals surface area (Å²) in [7, 11) is 0. The van der Waals surface area contributed by atoms with Crippen LogP contribution in [0.15, 0.2) is 30.5 Å². The van der Waals surface area contributed by atoms with Crippen molar-refractivity contribution in [1.29, 1.82) is 5.26 Å². The van der Waals surface area contributed by atoms with Crippen LogP contribution in [0.4, 0.5) is 11.6 Å². The highest BCUT2D eigenvalue weighted by Gasteiger charge is 2.32. The van der Waals surface area contributed by atoms with E-state index in [9.17, 15) is 5.26 Å². The molecular weight excluding hydrogens is 504 g/mol. The summed E-state index contributed by atoms with van der Waals surface area (Å²) in [5.41, 5.74) is 1.62. The van der Waals surface area contributed by atoms with Gasteiger partial charge in [0.2, 0.25) is 0 Å². The summed E-state index contributed by atoms with van der Waals surface area (Å²) in [4.78, 5) is 9.32. The number of rotatable bonds is 9. The number of pyridine rings is 2. The lowest BCUT2D eigenvalue weighted by Crippen LogP contribution is -2.45. The minimum absolute atomic E-state index is 0.0110. The smallest absolute Gasteiger partial charge is 0.178 e. The summed E-state index contributed by atoms with van der Waals surface area (Å²) in [6.07, 6.45) is 7.54. The van der Waals surface area contributed by atoms with E-state index in [0.717, 1.165) is 61.4 Å². The van der Waals surface area contributed by atoms with Gasteiger partial charge < -0.3 is 30.2 Å². The van der Waals surface area contributed by atoms with Crippen molar-refractivity contribution < 1.29 is 14.2 Å². The number of anilines is 2. The maximum Gasteiger partial charge on any atom is 0.178 e. The molecular formula is C28H37ClN6O3. The van der Waals surface area contributed by atoms with E-state index in [1.54, 1.807) is 6.20 Å². The van der Waals surface area contributed by atoms with Crippen molar-refractivity contribution in [2.45, 2.75) is 69.4 Å². The van der Waals surface area contributed by atoms with Crippen LogP contribution in [0.5, 0.6) is 0 Å². The molecule has 10 heteroatoms. The summed E-state index contributed by atoms with van der Waals surface area (Å²) < 4.78 is 17.2. The number of halogens is 1. The molecule has 0 aromatic carbocycles. The average molecular weight is 541 g/mol. The molecule has 3 fully saturated rings. The van der Waals surface area contributed by atoms with Crippen LogP contribution >= 0.6 is 11.6 Å². The van der Waals surface area contributed by atoms with Crippen LogP contribution in [0.2, 0.25) is 5.02 Å². The topological polar surface area (TPSA) is 113 Å². The largest absolute Gasteiger partial charge is 0.376 e. The van der Waals surface area contributed by atoms with Gasteiger partial charge in [-0.3, -0.25) is 0 Å². The van der Waals surface area contributed by atoms with Crippen LogP contribution in [-0.4, -0.2) is 66.9 Å². The molecule has 2 aliphatic heterocycles. The Hall–Kier alpha value is -2.48. The Morgan fingerprint density at radius 2 is 1.87 bits per heavy atom. The zero-order chi connectivity index (χ0) is 26.4. The van der Waals surface area contributed by atoms with Crippen molar-refractivity contribution in [3.05, 3.63) is 35.5 Å². The summed E-state index contributed by atoms with van der Waals surface area (Å²) in [5, 5.41) is 20.4. The highest BCUT2D eigenvalue weighted by atomic mass is 35.5. The predicted molar refractivity (Wildman–Crippen MR) is 147 cm³/mol. The van der Waals surface area contributed by atoms with E-state index >= 15 is 0 Å². The van der Waals surface area contributed by atoms with Crippen molar-refractivity contribution in [3.63, 3.8) is 0 Å². The molecule has 3 aliphatic rings. The average Bonchev–Trinajstić information content (AvgIpc) is 3.39. The second-order valence-electron chi connectivity index (χ2n) is 10.6. The van der Waals surface area contributed by atoms with Gasteiger partial charge in [-0.25, -0.2) is 9.97 Å². The van der Waals surface area contributed by atoms with Gasteiger partial charge in [-0.15, -0.1) is 0 Å². The van der Waals surface area contributed by atoms with Crippen LogP contribution in [0.25, 0.3) is 11.3 Å².